The predicted molar refractivity (Wildman–Crippen MR) is 112 cm³/mol. The third kappa shape index (κ3) is 3.74. The molecule has 3 aromatic rings. The van der Waals surface area contributed by atoms with Gasteiger partial charge in [0.2, 0.25) is 0 Å². The van der Waals surface area contributed by atoms with E-state index in [-0.39, 0.29) is 6.09 Å². The first kappa shape index (κ1) is 18.9. The van der Waals surface area contributed by atoms with Crippen LogP contribution in [-0.2, 0) is 11.3 Å². The molecule has 28 heavy (non-hydrogen) atoms. The minimum Gasteiger partial charge on any atom is -0.497 e. The summed E-state index contributed by atoms with van der Waals surface area (Å²) in [6.45, 7) is 4.62. The Kier molecular flexibility index (Phi) is 5.57. The average Bonchev–Trinajstić information content (AvgIpc) is 3.36. The van der Waals surface area contributed by atoms with E-state index in [1.165, 1.54) is 22.0 Å². The molecule has 5 nitrogen and oxygen atoms in total. The Morgan fingerprint density at radius 3 is 2.75 bits per heavy atom. The number of hydrogen-bond acceptors (Lipinski definition) is 4. The maximum atomic E-state index is 12.0. The molecule has 148 valence electrons. The Labute approximate surface area is 169 Å². The zero-order valence-electron chi connectivity index (χ0n) is 16.4. The van der Waals surface area contributed by atoms with E-state index >= 15 is 0 Å². The van der Waals surface area contributed by atoms with Gasteiger partial charge in [-0.2, -0.15) is 11.3 Å². The smallest absolute Gasteiger partial charge is 0.409 e. The zero-order chi connectivity index (χ0) is 19.5. The van der Waals surface area contributed by atoms with Gasteiger partial charge in [0.1, 0.15) is 5.75 Å². The number of rotatable bonds is 5. The van der Waals surface area contributed by atoms with Crippen LogP contribution in [0.5, 0.6) is 5.75 Å². The first-order chi connectivity index (χ1) is 13.7. The lowest BCUT2D eigenvalue weighted by atomic mass is 9.89. The Morgan fingerprint density at radius 1 is 1.25 bits per heavy atom. The zero-order valence-corrected chi connectivity index (χ0v) is 17.2. The molecule has 1 fully saturated rings. The summed E-state index contributed by atoms with van der Waals surface area (Å²) in [5.74, 6) is 1.31. The van der Waals surface area contributed by atoms with E-state index in [9.17, 15) is 4.79 Å². The van der Waals surface area contributed by atoms with Crippen LogP contribution in [0.1, 0.15) is 36.8 Å². The van der Waals surface area contributed by atoms with Gasteiger partial charge in [-0.1, -0.05) is 0 Å². The summed E-state index contributed by atoms with van der Waals surface area (Å²) in [4.78, 5) is 13.8. The molecular formula is C22H26N2O3S. The molecule has 0 unspecified atom stereocenters. The highest BCUT2D eigenvalue weighted by Gasteiger charge is 2.27. The van der Waals surface area contributed by atoms with Crippen LogP contribution in [0.2, 0.25) is 0 Å². The third-order valence-corrected chi connectivity index (χ3v) is 6.24. The SMILES string of the molecule is CCOC(=O)N1CCC(c2cn(Cc3ccsc3)c3ccc(OC)cc23)CC1. The lowest BCUT2D eigenvalue weighted by Crippen LogP contribution is -2.38. The van der Waals surface area contributed by atoms with Crippen molar-refractivity contribution in [2.45, 2.75) is 32.2 Å². The van der Waals surface area contributed by atoms with E-state index in [1.54, 1.807) is 18.4 Å². The maximum absolute atomic E-state index is 12.0. The highest BCUT2D eigenvalue weighted by molar-refractivity contribution is 7.07. The van der Waals surface area contributed by atoms with Crippen LogP contribution in [0, 0.1) is 0 Å². The fourth-order valence-corrected chi connectivity index (χ4v) is 4.71. The number of benzene rings is 1. The molecule has 1 aliphatic rings. The number of nitrogens with zero attached hydrogens (tertiary/aromatic N) is 2. The van der Waals surface area contributed by atoms with E-state index in [0.29, 0.717) is 12.5 Å². The van der Waals surface area contributed by atoms with Gasteiger partial charge in [-0.15, -0.1) is 0 Å². The van der Waals surface area contributed by atoms with Crippen LogP contribution in [0.4, 0.5) is 4.79 Å². The lowest BCUT2D eigenvalue weighted by Gasteiger charge is -2.31. The van der Waals surface area contributed by atoms with Crippen molar-refractivity contribution in [3.05, 3.63) is 52.3 Å². The van der Waals surface area contributed by atoms with Gasteiger partial charge >= 0.3 is 6.09 Å². The standard InChI is InChI=1S/C22H26N2O3S/c1-3-27-22(25)23-9-6-17(7-10-23)20-14-24(13-16-8-11-28-15-16)21-5-4-18(26-2)12-19(20)21/h4-5,8,11-12,14-15,17H,3,6-7,9-10,13H2,1-2H3. The lowest BCUT2D eigenvalue weighted by molar-refractivity contribution is 0.0971. The quantitative estimate of drug-likeness (QED) is 0.601. The highest BCUT2D eigenvalue weighted by atomic mass is 32.1. The van der Waals surface area contributed by atoms with Crippen molar-refractivity contribution >= 4 is 28.3 Å². The molecule has 2 aromatic heterocycles. The molecule has 1 saturated heterocycles. The van der Waals surface area contributed by atoms with E-state index < -0.39 is 0 Å². The number of amides is 1. The molecule has 0 radical (unpaired) electrons. The third-order valence-electron chi connectivity index (χ3n) is 5.51. The van der Waals surface area contributed by atoms with Crippen molar-refractivity contribution in [2.75, 3.05) is 26.8 Å². The molecule has 0 spiro atoms. The molecule has 3 heterocycles. The van der Waals surface area contributed by atoms with Crippen molar-refractivity contribution in [1.82, 2.24) is 9.47 Å². The van der Waals surface area contributed by atoms with Gasteiger partial charge in [0.25, 0.3) is 0 Å². The monoisotopic (exact) mass is 398 g/mol. The van der Waals surface area contributed by atoms with Gasteiger partial charge < -0.3 is 18.9 Å². The molecule has 0 atom stereocenters. The molecule has 0 N–H and O–H groups in total. The number of carbonyl (C=O) groups excluding carboxylic acids is 1. The van der Waals surface area contributed by atoms with E-state index in [4.69, 9.17) is 9.47 Å². The van der Waals surface area contributed by atoms with Gasteiger partial charge in [0.05, 0.1) is 13.7 Å². The van der Waals surface area contributed by atoms with Gasteiger partial charge in [-0.05, 0) is 71.8 Å². The molecule has 1 amide bonds. The van der Waals surface area contributed by atoms with E-state index in [2.05, 4.69) is 39.7 Å². The number of methoxy groups -OCH3 is 1. The summed E-state index contributed by atoms with van der Waals surface area (Å²) >= 11 is 1.73. The number of aromatic nitrogens is 1. The Bertz CT molecular complexity index is 940. The van der Waals surface area contributed by atoms with Crippen LogP contribution >= 0.6 is 11.3 Å². The first-order valence-electron chi connectivity index (χ1n) is 9.79. The molecule has 1 aliphatic heterocycles. The largest absolute Gasteiger partial charge is 0.497 e. The van der Waals surface area contributed by atoms with Crippen molar-refractivity contribution in [3.63, 3.8) is 0 Å². The normalized spacial score (nSPS) is 15.1. The van der Waals surface area contributed by atoms with Gasteiger partial charge in [-0.25, -0.2) is 4.79 Å². The Balaban J connectivity index is 1.62. The fraction of sp³-hybridized carbons (Fsp3) is 0.409. The minimum atomic E-state index is -0.192. The van der Waals surface area contributed by atoms with Crippen molar-refractivity contribution < 1.29 is 14.3 Å². The first-order valence-corrected chi connectivity index (χ1v) is 10.7. The average molecular weight is 399 g/mol. The van der Waals surface area contributed by atoms with E-state index in [0.717, 1.165) is 38.2 Å². The van der Waals surface area contributed by atoms with Crippen molar-refractivity contribution in [1.29, 1.82) is 0 Å². The Hall–Kier alpha value is -2.47. The van der Waals surface area contributed by atoms with Gasteiger partial charge in [0, 0.05) is 36.7 Å². The second-order valence-electron chi connectivity index (χ2n) is 7.19. The van der Waals surface area contributed by atoms with Crippen LogP contribution in [0.3, 0.4) is 0 Å². The molecule has 0 bridgehead atoms. The summed E-state index contributed by atoms with van der Waals surface area (Å²) in [7, 11) is 1.71. The topological polar surface area (TPSA) is 43.7 Å². The van der Waals surface area contributed by atoms with Crippen molar-refractivity contribution in [3.8, 4) is 5.75 Å². The van der Waals surface area contributed by atoms with Crippen LogP contribution in [0.15, 0.2) is 41.2 Å². The number of hydrogen-bond donors (Lipinski definition) is 0. The molecule has 0 saturated carbocycles. The molecule has 0 aliphatic carbocycles. The molecule has 4 rings (SSSR count). The van der Waals surface area contributed by atoms with Crippen LogP contribution in [-0.4, -0.2) is 42.4 Å². The van der Waals surface area contributed by atoms with Crippen molar-refractivity contribution in [2.24, 2.45) is 0 Å². The van der Waals surface area contributed by atoms with E-state index in [1.807, 2.05) is 17.9 Å². The summed E-state index contributed by atoms with van der Waals surface area (Å²) < 4.78 is 13.0. The van der Waals surface area contributed by atoms with Crippen LogP contribution < -0.4 is 4.74 Å². The van der Waals surface area contributed by atoms with Crippen LogP contribution in [0.25, 0.3) is 10.9 Å². The second kappa shape index (κ2) is 8.27. The number of ether oxygens (including phenoxy) is 2. The second-order valence-corrected chi connectivity index (χ2v) is 7.97. The number of likely N-dealkylation sites (tertiary alicyclic amines) is 1. The number of fused-ring (bicyclic) bond motifs is 1. The summed E-state index contributed by atoms with van der Waals surface area (Å²) in [6.07, 6.45) is 4.01. The number of piperidine rings is 1. The number of carbonyl (C=O) groups is 1. The molecule has 1 aromatic carbocycles. The minimum absolute atomic E-state index is 0.192. The summed E-state index contributed by atoms with van der Waals surface area (Å²) in [6, 6.07) is 8.50. The van der Waals surface area contributed by atoms with Gasteiger partial charge in [0.15, 0.2) is 0 Å². The summed E-state index contributed by atoms with van der Waals surface area (Å²) in [5.41, 5.74) is 3.91. The van der Waals surface area contributed by atoms with Gasteiger partial charge in [-0.3, -0.25) is 0 Å². The Morgan fingerprint density at radius 2 is 2.07 bits per heavy atom. The highest BCUT2D eigenvalue weighted by Crippen LogP contribution is 2.36. The number of thiophene rings is 1. The maximum Gasteiger partial charge on any atom is 0.409 e. The summed E-state index contributed by atoms with van der Waals surface area (Å²) in [5, 5.41) is 5.58. The predicted octanol–water partition coefficient (Wildman–Crippen LogP) is 5.10. The fourth-order valence-electron chi connectivity index (χ4n) is 4.05. The molecular weight excluding hydrogens is 372 g/mol. The molecule has 6 heteroatoms.